The van der Waals surface area contributed by atoms with Crippen molar-refractivity contribution in [2.75, 3.05) is 19.6 Å². The maximum Gasteiger partial charge on any atom is 0.329 e. The molecule has 1 atom stereocenters. The normalized spacial score (nSPS) is 18.5. The van der Waals surface area contributed by atoms with Gasteiger partial charge >= 0.3 is 17.9 Å². The van der Waals surface area contributed by atoms with Crippen LogP contribution in [0.15, 0.2) is 30.3 Å². The molecule has 1 unspecified atom stereocenters. The Balaban J connectivity index is 1.60. The molecule has 0 aromatic heterocycles. The molecule has 3 amide bonds. The number of benzene rings is 1. The van der Waals surface area contributed by atoms with Crippen LogP contribution < -0.4 is 16.4 Å². The number of likely N-dealkylation sites (tertiary alicyclic amines) is 1. The Labute approximate surface area is 160 Å². The fourth-order valence-electron chi connectivity index (χ4n) is 2.81. The highest BCUT2D eigenvalue weighted by atomic mass is 19.3. The van der Waals surface area contributed by atoms with E-state index in [9.17, 15) is 27.2 Å². The van der Waals surface area contributed by atoms with Gasteiger partial charge in [0.2, 0.25) is 5.91 Å². The molecule has 0 saturated carbocycles. The van der Waals surface area contributed by atoms with Crippen molar-refractivity contribution in [1.29, 1.82) is 0 Å². The zero-order valence-electron chi connectivity index (χ0n) is 15.3. The van der Waals surface area contributed by atoms with Gasteiger partial charge in [-0.05, 0) is 24.8 Å². The van der Waals surface area contributed by atoms with E-state index in [1.54, 1.807) is 0 Å². The van der Waals surface area contributed by atoms with Gasteiger partial charge in [-0.1, -0.05) is 30.3 Å². The number of halogens is 4. The van der Waals surface area contributed by atoms with Gasteiger partial charge in [-0.3, -0.25) is 4.79 Å². The number of nitrogens with zero attached hydrogens (tertiary/aromatic N) is 1. The van der Waals surface area contributed by atoms with Gasteiger partial charge in [-0.15, -0.1) is 0 Å². The van der Waals surface area contributed by atoms with Crippen molar-refractivity contribution >= 4 is 11.9 Å². The first-order chi connectivity index (χ1) is 13.1. The first kappa shape index (κ1) is 21.9. The smallest absolute Gasteiger partial charge is 0.329 e. The standard InChI is InChI=1S/C18H24F4N4O2/c19-17(20)11-26(12-18(17,21)22)15(27)14(23)8-4-5-9-24-16(28)25-10-13-6-2-1-3-7-13/h1-3,6-7,14H,4-5,8-12,23H2,(H2,24,25,28). The van der Waals surface area contributed by atoms with Gasteiger partial charge in [-0.2, -0.15) is 17.6 Å². The lowest BCUT2D eigenvalue weighted by Crippen LogP contribution is -2.43. The molecular weight excluding hydrogens is 380 g/mol. The van der Waals surface area contributed by atoms with Gasteiger partial charge < -0.3 is 21.3 Å². The Morgan fingerprint density at radius 2 is 1.64 bits per heavy atom. The number of unbranched alkanes of at least 4 members (excludes halogenated alkanes) is 1. The summed E-state index contributed by atoms with van der Waals surface area (Å²) in [5, 5.41) is 5.34. The fourth-order valence-corrected chi connectivity index (χ4v) is 2.81. The number of amides is 3. The molecule has 2 rings (SSSR count). The van der Waals surface area contributed by atoms with Crippen LogP contribution in [-0.2, 0) is 11.3 Å². The lowest BCUT2D eigenvalue weighted by atomic mass is 10.1. The van der Waals surface area contributed by atoms with Crippen molar-refractivity contribution in [3.05, 3.63) is 35.9 Å². The summed E-state index contributed by atoms with van der Waals surface area (Å²) in [6, 6.07) is 7.89. The lowest BCUT2D eigenvalue weighted by Gasteiger charge is -2.19. The minimum atomic E-state index is -4.24. The molecule has 0 spiro atoms. The molecule has 1 aliphatic heterocycles. The minimum Gasteiger partial charge on any atom is -0.338 e. The zero-order valence-corrected chi connectivity index (χ0v) is 15.3. The number of rotatable bonds is 8. The first-order valence-corrected chi connectivity index (χ1v) is 8.98. The van der Waals surface area contributed by atoms with E-state index >= 15 is 0 Å². The fraction of sp³-hybridized carbons (Fsp3) is 0.556. The van der Waals surface area contributed by atoms with E-state index in [0.29, 0.717) is 30.8 Å². The molecule has 1 saturated heterocycles. The van der Waals surface area contributed by atoms with Crippen LogP contribution in [0.4, 0.5) is 22.4 Å². The molecule has 4 N–H and O–H groups in total. The third-order valence-electron chi connectivity index (χ3n) is 4.47. The van der Waals surface area contributed by atoms with Crippen molar-refractivity contribution < 1.29 is 27.2 Å². The third kappa shape index (κ3) is 5.82. The highest BCUT2D eigenvalue weighted by Gasteiger charge is 2.64. The zero-order chi connectivity index (χ0) is 20.8. The van der Waals surface area contributed by atoms with Crippen LogP contribution >= 0.6 is 0 Å². The first-order valence-electron chi connectivity index (χ1n) is 8.98. The predicted molar refractivity (Wildman–Crippen MR) is 95.0 cm³/mol. The van der Waals surface area contributed by atoms with Crippen LogP contribution in [0.25, 0.3) is 0 Å². The number of carbonyl (C=O) groups is 2. The van der Waals surface area contributed by atoms with Gasteiger partial charge in [0, 0.05) is 13.1 Å². The lowest BCUT2D eigenvalue weighted by molar-refractivity contribution is -0.172. The minimum absolute atomic E-state index is 0.153. The van der Waals surface area contributed by atoms with Gasteiger partial charge in [0.1, 0.15) is 0 Å². The molecule has 156 valence electrons. The molecular formula is C18H24F4N4O2. The molecule has 1 fully saturated rings. The summed E-state index contributed by atoms with van der Waals surface area (Å²) < 4.78 is 52.7. The number of nitrogens with two attached hydrogens (primary N) is 1. The summed E-state index contributed by atoms with van der Waals surface area (Å²) in [6.07, 6.45) is 1.10. The van der Waals surface area contributed by atoms with Crippen molar-refractivity contribution in [2.24, 2.45) is 5.73 Å². The Morgan fingerprint density at radius 1 is 1.04 bits per heavy atom. The van der Waals surface area contributed by atoms with E-state index in [2.05, 4.69) is 10.6 Å². The largest absolute Gasteiger partial charge is 0.338 e. The number of alkyl halides is 4. The van der Waals surface area contributed by atoms with E-state index in [1.165, 1.54) is 0 Å². The average molecular weight is 404 g/mol. The average Bonchev–Trinajstić information content (AvgIpc) is 2.87. The molecule has 1 heterocycles. The molecule has 28 heavy (non-hydrogen) atoms. The maximum atomic E-state index is 13.2. The molecule has 0 bridgehead atoms. The van der Waals surface area contributed by atoms with Gasteiger partial charge in [-0.25, -0.2) is 4.79 Å². The number of nitrogens with one attached hydrogen (secondary N) is 2. The van der Waals surface area contributed by atoms with E-state index in [-0.39, 0.29) is 12.5 Å². The summed E-state index contributed by atoms with van der Waals surface area (Å²) in [5.41, 5.74) is 6.61. The molecule has 6 nitrogen and oxygen atoms in total. The molecule has 1 aliphatic rings. The monoisotopic (exact) mass is 404 g/mol. The van der Waals surface area contributed by atoms with Crippen LogP contribution in [0.3, 0.4) is 0 Å². The highest BCUT2D eigenvalue weighted by molar-refractivity contribution is 5.82. The molecule has 1 aromatic carbocycles. The Bertz CT molecular complexity index is 657. The van der Waals surface area contributed by atoms with Crippen molar-refractivity contribution in [1.82, 2.24) is 15.5 Å². The summed E-state index contributed by atoms with van der Waals surface area (Å²) in [7, 11) is 0. The third-order valence-corrected chi connectivity index (χ3v) is 4.47. The number of hydrogen-bond acceptors (Lipinski definition) is 3. The Hall–Kier alpha value is -2.36. The number of hydrogen-bond donors (Lipinski definition) is 3. The maximum absolute atomic E-state index is 13.2. The summed E-state index contributed by atoms with van der Waals surface area (Å²) in [5.74, 6) is -9.39. The van der Waals surface area contributed by atoms with Crippen LogP contribution in [0.2, 0.25) is 0 Å². The van der Waals surface area contributed by atoms with E-state index < -0.39 is 36.9 Å². The van der Waals surface area contributed by atoms with Crippen LogP contribution in [0.1, 0.15) is 24.8 Å². The number of carbonyl (C=O) groups excluding carboxylic acids is 2. The van der Waals surface area contributed by atoms with Crippen molar-refractivity contribution in [3.8, 4) is 0 Å². The van der Waals surface area contributed by atoms with Crippen LogP contribution in [0.5, 0.6) is 0 Å². The summed E-state index contributed by atoms with van der Waals surface area (Å²) in [6.45, 7) is -1.93. The van der Waals surface area contributed by atoms with Crippen molar-refractivity contribution in [3.63, 3.8) is 0 Å². The molecule has 0 aliphatic carbocycles. The van der Waals surface area contributed by atoms with Gasteiger partial charge in [0.05, 0.1) is 19.1 Å². The molecule has 1 aromatic rings. The number of urea groups is 1. The van der Waals surface area contributed by atoms with E-state index in [0.717, 1.165) is 5.56 Å². The second-order valence-electron chi connectivity index (χ2n) is 6.80. The quantitative estimate of drug-likeness (QED) is 0.458. The second-order valence-corrected chi connectivity index (χ2v) is 6.80. The summed E-state index contributed by atoms with van der Waals surface area (Å²) >= 11 is 0. The Kier molecular flexibility index (Phi) is 7.22. The van der Waals surface area contributed by atoms with E-state index in [1.807, 2.05) is 30.3 Å². The van der Waals surface area contributed by atoms with Crippen molar-refractivity contribution in [2.45, 2.75) is 43.7 Å². The molecule has 0 radical (unpaired) electrons. The second kappa shape index (κ2) is 9.22. The predicted octanol–water partition coefficient (Wildman–Crippen LogP) is 2.10. The SMILES string of the molecule is NC(CCCCNC(=O)NCc1ccccc1)C(=O)N1CC(F)(F)C(F)(F)C1. The molecule has 10 heteroatoms. The summed E-state index contributed by atoms with van der Waals surface area (Å²) in [4.78, 5) is 24.1. The van der Waals surface area contributed by atoms with Gasteiger partial charge in [0.25, 0.3) is 0 Å². The van der Waals surface area contributed by atoms with Crippen LogP contribution in [0, 0.1) is 0 Å². The van der Waals surface area contributed by atoms with E-state index in [4.69, 9.17) is 5.73 Å². The highest BCUT2D eigenvalue weighted by Crippen LogP contribution is 2.41. The Morgan fingerprint density at radius 3 is 2.25 bits per heavy atom. The topological polar surface area (TPSA) is 87.5 Å². The van der Waals surface area contributed by atoms with Crippen LogP contribution in [-0.4, -0.2) is 54.4 Å². The van der Waals surface area contributed by atoms with Gasteiger partial charge in [0.15, 0.2) is 0 Å².